The summed E-state index contributed by atoms with van der Waals surface area (Å²) in [6.07, 6.45) is 0. The minimum absolute atomic E-state index is 0.0363. The van der Waals surface area contributed by atoms with E-state index in [1.807, 2.05) is 32.0 Å². The number of tetrazole rings is 1. The number of nitro benzene ring substituents is 1. The SMILES string of the molecule is COc1cc(CSc2nnnn2-c2c(C)cccc2C)c([N+](=O)[O-])cc1OC(F)F. The van der Waals surface area contributed by atoms with Gasteiger partial charge in [0.15, 0.2) is 11.5 Å². The van der Waals surface area contributed by atoms with E-state index in [0.717, 1.165) is 22.9 Å². The first kappa shape index (κ1) is 21.4. The Hall–Kier alpha value is -3.28. The molecule has 0 saturated carbocycles. The zero-order valence-corrected chi connectivity index (χ0v) is 17.0. The smallest absolute Gasteiger partial charge is 0.387 e. The van der Waals surface area contributed by atoms with E-state index in [0.29, 0.717) is 5.16 Å². The minimum atomic E-state index is -3.14. The first-order valence-electron chi connectivity index (χ1n) is 8.59. The minimum Gasteiger partial charge on any atom is -0.493 e. The molecule has 0 radical (unpaired) electrons. The van der Waals surface area contributed by atoms with Crippen LogP contribution in [0.2, 0.25) is 0 Å². The summed E-state index contributed by atoms with van der Waals surface area (Å²) in [6, 6.07) is 8.00. The molecule has 3 rings (SSSR count). The molecule has 30 heavy (non-hydrogen) atoms. The number of nitro groups is 1. The van der Waals surface area contributed by atoms with Crippen LogP contribution in [0.3, 0.4) is 0 Å². The summed E-state index contributed by atoms with van der Waals surface area (Å²) in [5.41, 5.74) is 2.62. The highest BCUT2D eigenvalue weighted by atomic mass is 32.2. The molecule has 1 heterocycles. The lowest BCUT2D eigenvalue weighted by Crippen LogP contribution is -2.06. The van der Waals surface area contributed by atoms with Gasteiger partial charge in [-0.1, -0.05) is 30.0 Å². The molecule has 0 spiro atoms. The van der Waals surface area contributed by atoms with Crippen LogP contribution in [0.4, 0.5) is 14.5 Å². The third-order valence-corrected chi connectivity index (χ3v) is 5.19. The van der Waals surface area contributed by atoms with Gasteiger partial charge in [-0.05, 0) is 41.5 Å². The molecule has 3 aromatic rings. The zero-order chi connectivity index (χ0) is 21.8. The zero-order valence-electron chi connectivity index (χ0n) is 16.2. The second kappa shape index (κ2) is 9.03. The van der Waals surface area contributed by atoms with Gasteiger partial charge in [0.1, 0.15) is 0 Å². The van der Waals surface area contributed by atoms with Gasteiger partial charge < -0.3 is 9.47 Å². The van der Waals surface area contributed by atoms with Crippen molar-refractivity contribution in [1.29, 1.82) is 0 Å². The molecule has 0 aliphatic rings. The van der Waals surface area contributed by atoms with Gasteiger partial charge in [-0.2, -0.15) is 13.5 Å². The largest absolute Gasteiger partial charge is 0.493 e. The second-order valence-electron chi connectivity index (χ2n) is 6.17. The summed E-state index contributed by atoms with van der Waals surface area (Å²) < 4.78 is 36.1. The molecule has 0 unspecified atom stereocenters. The first-order valence-corrected chi connectivity index (χ1v) is 9.58. The standard InChI is InChI=1S/C18H17F2N5O4S/c1-10-5-4-6-11(2)16(10)24-18(21-22-23-24)30-9-12-7-14(28-3)15(29-17(19)20)8-13(12)25(26)27/h4-8,17H,9H2,1-3H3. The van der Waals surface area contributed by atoms with E-state index in [2.05, 4.69) is 20.3 Å². The summed E-state index contributed by atoms with van der Waals surface area (Å²) in [5.74, 6) is -0.341. The van der Waals surface area contributed by atoms with Gasteiger partial charge in [-0.25, -0.2) is 0 Å². The van der Waals surface area contributed by atoms with Crippen LogP contribution >= 0.6 is 11.8 Å². The topological polar surface area (TPSA) is 105 Å². The number of rotatable bonds is 8. The maximum Gasteiger partial charge on any atom is 0.387 e. The number of thioether (sulfide) groups is 1. The molecule has 0 saturated heterocycles. The number of halogens is 2. The number of hydrogen-bond acceptors (Lipinski definition) is 8. The number of methoxy groups -OCH3 is 1. The Morgan fingerprint density at radius 1 is 1.23 bits per heavy atom. The summed E-state index contributed by atoms with van der Waals surface area (Å²) in [4.78, 5) is 10.8. The fourth-order valence-corrected chi connectivity index (χ4v) is 3.78. The molecule has 0 aliphatic heterocycles. The van der Waals surface area contributed by atoms with Gasteiger partial charge in [0, 0.05) is 11.3 Å². The van der Waals surface area contributed by atoms with Gasteiger partial charge in [0.2, 0.25) is 5.16 Å². The van der Waals surface area contributed by atoms with Crippen molar-refractivity contribution in [3.8, 4) is 17.2 Å². The van der Waals surface area contributed by atoms with E-state index in [-0.39, 0.29) is 22.8 Å². The summed E-state index contributed by atoms with van der Waals surface area (Å²) in [5, 5.41) is 23.6. The van der Waals surface area contributed by atoms with E-state index in [1.165, 1.54) is 24.9 Å². The van der Waals surface area contributed by atoms with Crippen LogP contribution in [-0.2, 0) is 5.75 Å². The second-order valence-corrected chi connectivity index (χ2v) is 7.11. The van der Waals surface area contributed by atoms with Crippen LogP contribution in [0.25, 0.3) is 5.69 Å². The predicted molar refractivity (Wildman–Crippen MR) is 104 cm³/mol. The molecule has 1 aromatic heterocycles. The number of hydrogen-bond donors (Lipinski definition) is 0. The van der Waals surface area contributed by atoms with Crippen molar-refractivity contribution in [2.45, 2.75) is 31.4 Å². The fraction of sp³-hybridized carbons (Fsp3) is 0.278. The van der Waals surface area contributed by atoms with Gasteiger partial charge in [0.25, 0.3) is 5.69 Å². The molecular weight excluding hydrogens is 420 g/mol. The summed E-state index contributed by atoms with van der Waals surface area (Å²) in [6.45, 7) is 0.715. The maximum absolute atomic E-state index is 12.6. The Labute approximate surface area is 174 Å². The highest BCUT2D eigenvalue weighted by Crippen LogP contribution is 2.38. The Morgan fingerprint density at radius 3 is 2.53 bits per heavy atom. The molecule has 0 amide bonds. The van der Waals surface area contributed by atoms with E-state index >= 15 is 0 Å². The predicted octanol–water partition coefficient (Wildman–Crippen LogP) is 4.09. The monoisotopic (exact) mass is 437 g/mol. The highest BCUT2D eigenvalue weighted by Gasteiger charge is 2.23. The maximum atomic E-state index is 12.6. The normalized spacial score (nSPS) is 11.0. The molecule has 0 bridgehead atoms. The number of aryl methyl sites for hydroxylation is 2. The molecule has 12 heteroatoms. The summed E-state index contributed by atoms with van der Waals surface area (Å²) >= 11 is 1.17. The van der Waals surface area contributed by atoms with Crippen LogP contribution < -0.4 is 9.47 Å². The lowest BCUT2D eigenvalue weighted by Gasteiger charge is -2.13. The van der Waals surface area contributed by atoms with Gasteiger partial charge in [-0.3, -0.25) is 10.1 Å². The number of benzene rings is 2. The van der Waals surface area contributed by atoms with Gasteiger partial charge in [-0.15, -0.1) is 5.10 Å². The average Bonchev–Trinajstić information content (AvgIpc) is 3.14. The molecule has 0 aliphatic carbocycles. The van der Waals surface area contributed by atoms with Crippen LogP contribution in [-0.4, -0.2) is 38.9 Å². The molecular formula is C18H17F2N5O4S. The third-order valence-electron chi connectivity index (χ3n) is 4.23. The van der Waals surface area contributed by atoms with Crippen molar-refractivity contribution >= 4 is 17.4 Å². The van der Waals surface area contributed by atoms with Crippen LogP contribution in [0.5, 0.6) is 11.5 Å². The first-order chi connectivity index (χ1) is 14.3. The molecule has 2 aromatic carbocycles. The van der Waals surface area contributed by atoms with Crippen molar-refractivity contribution in [3.63, 3.8) is 0 Å². The van der Waals surface area contributed by atoms with Crippen LogP contribution in [0.1, 0.15) is 16.7 Å². The Bertz CT molecular complexity index is 1060. The number of aromatic nitrogens is 4. The summed E-state index contributed by atoms with van der Waals surface area (Å²) in [7, 11) is 1.26. The van der Waals surface area contributed by atoms with Gasteiger partial charge in [0.05, 0.1) is 23.8 Å². The average molecular weight is 437 g/mol. The van der Waals surface area contributed by atoms with E-state index < -0.39 is 17.3 Å². The van der Waals surface area contributed by atoms with Crippen molar-refractivity contribution in [2.75, 3.05) is 7.11 Å². The van der Waals surface area contributed by atoms with Crippen molar-refractivity contribution < 1.29 is 23.2 Å². The Morgan fingerprint density at radius 2 is 1.93 bits per heavy atom. The number of alkyl halides is 2. The lowest BCUT2D eigenvalue weighted by molar-refractivity contribution is -0.385. The third kappa shape index (κ3) is 4.48. The van der Waals surface area contributed by atoms with Crippen LogP contribution in [0.15, 0.2) is 35.5 Å². The van der Waals surface area contributed by atoms with Crippen LogP contribution in [0, 0.1) is 24.0 Å². The molecule has 9 nitrogen and oxygen atoms in total. The highest BCUT2D eigenvalue weighted by molar-refractivity contribution is 7.98. The quantitative estimate of drug-likeness (QED) is 0.295. The molecule has 0 fully saturated rings. The van der Waals surface area contributed by atoms with Crippen molar-refractivity contribution in [3.05, 3.63) is 57.1 Å². The molecule has 0 N–H and O–H groups in total. The Balaban J connectivity index is 1.93. The number of nitrogens with zero attached hydrogens (tertiary/aromatic N) is 5. The van der Waals surface area contributed by atoms with E-state index in [4.69, 9.17) is 4.74 Å². The number of ether oxygens (including phenoxy) is 2. The number of para-hydroxylation sites is 1. The van der Waals surface area contributed by atoms with Crippen molar-refractivity contribution in [2.24, 2.45) is 0 Å². The fourth-order valence-electron chi connectivity index (χ4n) is 2.92. The van der Waals surface area contributed by atoms with Crippen molar-refractivity contribution in [1.82, 2.24) is 20.2 Å². The van der Waals surface area contributed by atoms with E-state index in [9.17, 15) is 18.9 Å². The van der Waals surface area contributed by atoms with Gasteiger partial charge >= 0.3 is 6.61 Å². The molecule has 158 valence electrons. The molecule has 0 atom stereocenters. The Kier molecular flexibility index (Phi) is 6.45. The van der Waals surface area contributed by atoms with E-state index in [1.54, 1.807) is 4.68 Å². The lowest BCUT2D eigenvalue weighted by atomic mass is 10.1.